The number of benzene rings is 2. The minimum Gasteiger partial charge on any atom is -0.495 e. The van der Waals surface area contributed by atoms with Crippen LogP contribution in [0.1, 0.15) is 18.1 Å². The Morgan fingerprint density at radius 1 is 1.27 bits per heavy atom. The first-order valence-electron chi connectivity index (χ1n) is 7.54. The van der Waals surface area contributed by atoms with Crippen molar-refractivity contribution in [2.45, 2.75) is 25.3 Å². The van der Waals surface area contributed by atoms with Crippen LogP contribution in [-0.2, 0) is 21.4 Å². The van der Waals surface area contributed by atoms with Gasteiger partial charge in [-0.1, -0.05) is 6.07 Å². The SMILES string of the molecule is COc1ccc(CNS(=O)(=O)c2cc(Br)c(F)cc2C)cc1NC(C)=O. The molecule has 0 saturated heterocycles. The van der Waals surface area contributed by atoms with E-state index in [1.54, 1.807) is 18.2 Å². The normalized spacial score (nSPS) is 11.3. The fourth-order valence-electron chi connectivity index (χ4n) is 2.33. The second-order valence-corrected chi connectivity index (χ2v) is 8.16. The zero-order valence-corrected chi connectivity index (χ0v) is 16.8. The molecule has 0 aliphatic rings. The molecule has 2 aromatic carbocycles. The van der Waals surface area contributed by atoms with Gasteiger partial charge in [0.25, 0.3) is 0 Å². The zero-order valence-electron chi connectivity index (χ0n) is 14.4. The highest BCUT2D eigenvalue weighted by molar-refractivity contribution is 9.10. The topological polar surface area (TPSA) is 84.5 Å². The van der Waals surface area contributed by atoms with Crippen molar-refractivity contribution in [3.05, 3.63) is 51.7 Å². The maximum Gasteiger partial charge on any atom is 0.241 e. The van der Waals surface area contributed by atoms with Crippen LogP contribution in [0.15, 0.2) is 39.7 Å². The lowest BCUT2D eigenvalue weighted by molar-refractivity contribution is -0.114. The van der Waals surface area contributed by atoms with E-state index in [1.807, 2.05) is 0 Å². The maximum absolute atomic E-state index is 13.5. The van der Waals surface area contributed by atoms with Gasteiger partial charge in [-0.2, -0.15) is 0 Å². The molecule has 0 aliphatic heterocycles. The van der Waals surface area contributed by atoms with Crippen LogP contribution >= 0.6 is 15.9 Å². The number of carbonyl (C=O) groups excluding carboxylic acids is 1. The molecule has 0 saturated carbocycles. The number of ether oxygens (including phenoxy) is 1. The molecule has 0 fully saturated rings. The summed E-state index contributed by atoms with van der Waals surface area (Å²) in [4.78, 5) is 11.3. The largest absolute Gasteiger partial charge is 0.495 e. The number of hydrogen-bond acceptors (Lipinski definition) is 4. The molecule has 0 heterocycles. The first-order valence-corrected chi connectivity index (χ1v) is 9.81. The van der Waals surface area contributed by atoms with E-state index in [1.165, 1.54) is 27.0 Å². The molecule has 2 rings (SSSR count). The van der Waals surface area contributed by atoms with Gasteiger partial charge in [0.05, 0.1) is 22.2 Å². The van der Waals surface area contributed by atoms with Crippen molar-refractivity contribution in [2.75, 3.05) is 12.4 Å². The van der Waals surface area contributed by atoms with Gasteiger partial charge < -0.3 is 10.1 Å². The van der Waals surface area contributed by atoms with Crippen LogP contribution in [0.3, 0.4) is 0 Å². The fourth-order valence-corrected chi connectivity index (χ4v) is 4.09. The van der Waals surface area contributed by atoms with Gasteiger partial charge in [-0.25, -0.2) is 17.5 Å². The van der Waals surface area contributed by atoms with Gasteiger partial charge in [-0.05, 0) is 58.2 Å². The Hall–Kier alpha value is -1.97. The van der Waals surface area contributed by atoms with E-state index in [0.29, 0.717) is 22.6 Å². The molecule has 0 aliphatic carbocycles. The van der Waals surface area contributed by atoms with Crippen molar-refractivity contribution in [2.24, 2.45) is 0 Å². The van der Waals surface area contributed by atoms with E-state index in [-0.39, 0.29) is 21.8 Å². The Labute approximate surface area is 159 Å². The molecule has 26 heavy (non-hydrogen) atoms. The predicted octanol–water partition coefficient (Wildman–Crippen LogP) is 3.34. The van der Waals surface area contributed by atoms with Crippen molar-refractivity contribution in [3.63, 3.8) is 0 Å². The van der Waals surface area contributed by atoms with E-state index in [2.05, 4.69) is 26.0 Å². The third-order valence-corrected chi connectivity index (χ3v) is 5.70. The van der Waals surface area contributed by atoms with Crippen molar-refractivity contribution in [1.29, 1.82) is 0 Å². The van der Waals surface area contributed by atoms with E-state index < -0.39 is 15.8 Å². The number of hydrogen-bond donors (Lipinski definition) is 2. The Balaban J connectivity index is 2.25. The minimum absolute atomic E-state index is 0.00660. The van der Waals surface area contributed by atoms with Gasteiger partial charge in [0.1, 0.15) is 11.6 Å². The van der Waals surface area contributed by atoms with Gasteiger partial charge in [-0.3, -0.25) is 4.79 Å². The van der Waals surface area contributed by atoms with Crippen LogP contribution < -0.4 is 14.8 Å². The number of nitrogens with one attached hydrogen (secondary N) is 2. The maximum atomic E-state index is 13.5. The molecule has 0 spiro atoms. The Morgan fingerprint density at radius 3 is 2.58 bits per heavy atom. The van der Waals surface area contributed by atoms with Crippen molar-refractivity contribution in [1.82, 2.24) is 4.72 Å². The summed E-state index contributed by atoms with van der Waals surface area (Å²) in [6, 6.07) is 7.32. The molecule has 2 aromatic rings. The fraction of sp³-hybridized carbons (Fsp3) is 0.235. The second kappa shape index (κ2) is 8.15. The summed E-state index contributed by atoms with van der Waals surface area (Å²) < 4.78 is 46.3. The summed E-state index contributed by atoms with van der Waals surface area (Å²) in [5.74, 6) is -0.338. The highest BCUT2D eigenvalue weighted by Gasteiger charge is 2.19. The van der Waals surface area contributed by atoms with E-state index >= 15 is 0 Å². The quantitative estimate of drug-likeness (QED) is 0.715. The molecule has 0 unspecified atom stereocenters. The molecule has 1 amide bonds. The summed E-state index contributed by atoms with van der Waals surface area (Å²) in [5, 5.41) is 2.63. The summed E-state index contributed by atoms with van der Waals surface area (Å²) in [5.41, 5.74) is 1.36. The molecule has 2 N–H and O–H groups in total. The summed E-state index contributed by atoms with van der Waals surface area (Å²) in [7, 11) is -2.37. The smallest absolute Gasteiger partial charge is 0.241 e. The monoisotopic (exact) mass is 444 g/mol. The molecule has 6 nitrogen and oxygen atoms in total. The van der Waals surface area contributed by atoms with Crippen LogP contribution in [0.4, 0.5) is 10.1 Å². The Kier molecular flexibility index (Phi) is 6.38. The number of anilines is 1. The standard InChI is InChI=1S/C17H18BrFN2O4S/c1-10-6-14(19)13(18)8-17(10)26(23,24)20-9-12-4-5-16(25-3)15(7-12)21-11(2)22/h4-8,20H,9H2,1-3H3,(H,21,22). The summed E-state index contributed by atoms with van der Waals surface area (Å²) in [6.45, 7) is 2.88. The van der Waals surface area contributed by atoms with Crippen LogP contribution in [0, 0.1) is 12.7 Å². The third kappa shape index (κ3) is 4.80. The van der Waals surface area contributed by atoms with Crippen molar-refractivity contribution >= 4 is 37.5 Å². The average Bonchev–Trinajstić information content (AvgIpc) is 2.56. The predicted molar refractivity (Wildman–Crippen MR) is 100 cm³/mol. The number of carbonyl (C=O) groups is 1. The van der Waals surface area contributed by atoms with Crippen LogP contribution in [0.5, 0.6) is 5.75 Å². The molecular formula is C17H18BrFN2O4S. The lowest BCUT2D eigenvalue weighted by atomic mass is 10.2. The lowest BCUT2D eigenvalue weighted by Crippen LogP contribution is -2.24. The summed E-state index contributed by atoms with van der Waals surface area (Å²) in [6.07, 6.45) is 0. The van der Waals surface area contributed by atoms with Crippen LogP contribution in [-0.4, -0.2) is 21.4 Å². The van der Waals surface area contributed by atoms with Gasteiger partial charge in [0.2, 0.25) is 15.9 Å². The van der Waals surface area contributed by atoms with Crippen molar-refractivity contribution < 1.29 is 22.3 Å². The molecule has 0 bridgehead atoms. The van der Waals surface area contributed by atoms with Crippen LogP contribution in [0.25, 0.3) is 0 Å². The molecule has 0 aromatic heterocycles. The van der Waals surface area contributed by atoms with Crippen LogP contribution in [0.2, 0.25) is 0 Å². The molecule has 140 valence electrons. The highest BCUT2D eigenvalue weighted by atomic mass is 79.9. The van der Waals surface area contributed by atoms with E-state index in [4.69, 9.17) is 4.74 Å². The van der Waals surface area contributed by atoms with Crippen molar-refractivity contribution in [3.8, 4) is 5.75 Å². The van der Waals surface area contributed by atoms with Gasteiger partial charge in [0.15, 0.2) is 0 Å². The Morgan fingerprint density at radius 2 is 1.96 bits per heavy atom. The lowest BCUT2D eigenvalue weighted by Gasteiger charge is -2.13. The number of halogens is 2. The minimum atomic E-state index is -3.85. The van der Waals surface area contributed by atoms with Gasteiger partial charge in [-0.15, -0.1) is 0 Å². The Bertz CT molecular complexity index is 948. The number of sulfonamides is 1. The first-order chi connectivity index (χ1) is 12.1. The molecule has 0 atom stereocenters. The summed E-state index contributed by atoms with van der Waals surface area (Å²) >= 11 is 3.00. The molecular weight excluding hydrogens is 427 g/mol. The highest BCUT2D eigenvalue weighted by Crippen LogP contribution is 2.27. The average molecular weight is 445 g/mol. The van der Waals surface area contributed by atoms with Gasteiger partial charge in [0, 0.05) is 13.5 Å². The number of aryl methyl sites for hydroxylation is 1. The number of rotatable bonds is 6. The molecule has 0 radical (unpaired) electrons. The van der Waals surface area contributed by atoms with Gasteiger partial charge >= 0.3 is 0 Å². The zero-order chi connectivity index (χ0) is 19.5. The number of methoxy groups -OCH3 is 1. The number of amides is 1. The molecule has 9 heteroatoms. The first kappa shape index (κ1) is 20.3. The van der Waals surface area contributed by atoms with E-state index in [9.17, 15) is 17.6 Å². The van der Waals surface area contributed by atoms with E-state index in [0.717, 1.165) is 6.07 Å². The third-order valence-electron chi connectivity index (χ3n) is 3.55. The second-order valence-electron chi connectivity index (χ2n) is 5.57.